The molecule has 2 aliphatic carbocycles. The van der Waals surface area contributed by atoms with Gasteiger partial charge in [-0.2, -0.15) is 0 Å². The van der Waals surface area contributed by atoms with E-state index in [-0.39, 0.29) is 0 Å². The first kappa shape index (κ1) is 13.9. The second-order valence-electron chi connectivity index (χ2n) is 4.24. The van der Waals surface area contributed by atoms with Crippen molar-refractivity contribution in [3.05, 3.63) is 17.9 Å². The predicted octanol–water partition coefficient (Wildman–Crippen LogP) is 4.67. The fourth-order valence-electron chi connectivity index (χ4n) is 1.96. The van der Waals surface area contributed by atoms with Crippen LogP contribution >= 0.6 is 31.9 Å². The summed E-state index contributed by atoms with van der Waals surface area (Å²) in [6.07, 6.45) is 10.9. The van der Waals surface area contributed by atoms with Crippen molar-refractivity contribution >= 4 is 58.1 Å². The second-order valence-corrected chi connectivity index (χ2v) is 12.6. The third-order valence-electron chi connectivity index (χ3n) is 2.95. The van der Waals surface area contributed by atoms with Crippen LogP contribution < -0.4 is 0 Å². The summed E-state index contributed by atoms with van der Waals surface area (Å²) in [5.74, 6) is 0. The van der Waals surface area contributed by atoms with Gasteiger partial charge in [-0.25, -0.2) is 0 Å². The Morgan fingerprint density at radius 1 is 0.625 bits per heavy atom. The van der Waals surface area contributed by atoms with Crippen LogP contribution in [0.1, 0.15) is 51.4 Å². The van der Waals surface area contributed by atoms with E-state index in [2.05, 4.69) is 31.9 Å². The molecule has 90 valence electrons. The molecule has 0 unspecified atom stereocenters. The number of hydrogen-bond donors (Lipinski definition) is 0. The number of rotatable bonds is 3. The van der Waals surface area contributed by atoms with Crippen molar-refractivity contribution in [2.24, 2.45) is 0 Å². The van der Waals surface area contributed by atoms with Gasteiger partial charge in [0.2, 0.25) is 0 Å². The number of hydrogen-bond acceptors (Lipinski definition) is 0. The molecule has 0 aromatic rings. The molecular weight excluding hydrogens is 462 g/mol. The van der Waals surface area contributed by atoms with Crippen molar-refractivity contribution in [1.29, 1.82) is 0 Å². The van der Waals surface area contributed by atoms with Crippen LogP contribution in [0, 0.1) is 0 Å². The SMILES string of the molecule is BrC1=C([Se][Se]C2=C(Br)CCCC2)CCCC1. The second kappa shape index (κ2) is 7.16. The molecule has 2 rings (SSSR count). The van der Waals surface area contributed by atoms with Gasteiger partial charge in [-0.3, -0.25) is 0 Å². The molecule has 0 N–H and O–H groups in total. The van der Waals surface area contributed by atoms with Crippen LogP contribution in [0.4, 0.5) is 0 Å². The zero-order valence-electron chi connectivity index (χ0n) is 9.23. The fraction of sp³-hybridized carbons (Fsp3) is 0.667. The quantitative estimate of drug-likeness (QED) is 0.518. The van der Waals surface area contributed by atoms with Crippen molar-refractivity contribution in [3.8, 4) is 0 Å². The molecule has 0 amide bonds. The van der Waals surface area contributed by atoms with Gasteiger partial charge in [-0.1, -0.05) is 0 Å². The number of halogens is 2. The van der Waals surface area contributed by atoms with Gasteiger partial charge in [-0.05, 0) is 0 Å². The molecular formula is C12H16Br2Se2. The molecule has 4 heteroatoms. The summed E-state index contributed by atoms with van der Waals surface area (Å²) in [7, 11) is 0. The summed E-state index contributed by atoms with van der Waals surface area (Å²) in [5.41, 5.74) is 0. The molecule has 0 bridgehead atoms. The van der Waals surface area contributed by atoms with Gasteiger partial charge in [0.05, 0.1) is 0 Å². The van der Waals surface area contributed by atoms with Crippen LogP contribution in [0.2, 0.25) is 0 Å². The normalized spacial score (nSPS) is 22.9. The summed E-state index contributed by atoms with van der Waals surface area (Å²) < 4.78 is 6.65. The van der Waals surface area contributed by atoms with E-state index in [1.807, 2.05) is 0 Å². The molecule has 0 spiro atoms. The summed E-state index contributed by atoms with van der Waals surface area (Å²) in [5, 5.41) is 0. The van der Waals surface area contributed by atoms with E-state index < -0.39 is 0 Å². The fourth-order valence-corrected chi connectivity index (χ4v) is 14.6. The van der Waals surface area contributed by atoms with Gasteiger partial charge in [0.1, 0.15) is 0 Å². The van der Waals surface area contributed by atoms with Crippen molar-refractivity contribution in [2.75, 3.05) is 0 Å². The third kappa shape index (κ3) is 4.00. The van der Waals surface area contributed by atoms with Crippen LogP contribution in [0.5, 0.6) is 0 Å². The van der Waals surface area contributed by atoms with Crippen LogP contribution in [0.15, 0.2) is 17.9 Å². The summed E-state index contributed by atoms with van der Waals surface area (Å²) in [6.45, 7) is 0. The Kier molecular flexibility index (Phi) is 6.22. The van der Waals surface area contributed by atoms with E-state index in [1.54, 1.807) is 17.9 Å². The molecule has 0 saturated heterocycles. The van der Waals surface area contributed by atoms with E-state index in [4.69, 9.17) is 0 Å². The van der Waals surface area contributed by atoms with E-state index in [1.165, 1.54) is 51.4 Å². The average Bonchev–Trinajstić information content (AvgIpc) is 2.30. The minimum absolute atomic E-state index is 0.762. The van der Waals surface area contributed by atoms with E-state index >= 15 is 0 Å². The molecule has 0 saturated carbocycles. The van der Waals surface area contributed by atoms with Gasteiger partial charge < -0.3 is 0 Å². The van der Waals surface area contributed by atoms with E-state index in [0.717, 1.165) is 26.3 Å². The maximum absolute atomic E-state index is 3.77. The summed E-state index contributed by atoms with van der Waals surface area (Å²) in [4.78, 5) is 0. The van der Waals surface area contributed by atoms with Gasteiger partial charge >= 0.3 is 127 Å². The van der Waals surface area contributed by atoms with Crippen molar-refractivity contribution in [2.45, 2.75) is 51.4 Å². The zero-order valence-corrected chi connectivity index (χ0v) is 15.8. The standard InChI is InChI=1S/C12H16Br2Se2/c13-9-5-1-3-7-11(9)15-16-12-8-4-2-6-10(12)14/h1-8H2. The first-order chi connectivity index (χ1) is 7.77. The third-order valence-corrected chi connectivity index (χ3v) is 14.1. The topological polar surface area (TPSA) is 0 Å². The zero-order chi connectivity index (χ0) is 11.4. The van der Waals surface area contributed by atoms with Crippen LogP contribution in [0.3, 0.4) is 0 Å². The monoisotopic (exact) mass is 478 g/mol. The van der Waals surface area contributed by atoms with Crippen molar-refractivity contribution in [3.63, 3.8) is 0 Å². The molecule has 0 aromatic heterocycles. The Labute approximate surface area is 126 Å². The first-order valence-electron chi connectivity index (χ1n) is 5.87. The Bertz CT molecular complexity index is 289. The maximum atomic E-state index is 3.77. The van der Waals surface area contributed by atoms with Crippen LogP contribution in [-0.2, 0) is 0 Å². The summed E-state index contributed by atoms with van der Waals surface area (Å²) >= 11 is 9.07. The molecule has 0 nitrogen and oxygen atoms in total. The molecule has 16 heavy (non-hydrogen) atoms. The van der Waals surface area contributed by atoms with Gasteiger partial charge in [0.15, 0.2) is 0 Å². The predicted molar refractivity (Wildman–Crippen MR) is 80.4 cm³/mol. The van der Waals surface area contributed by atoms with Gasteiger partial charge in [0.25, 0.3) is 0 Å². The molecule has 0 aliphatic heterocycles. The van der Waals surface area contributed by atoms with Gasteiger partial charge in [-0.15, -0.1) is 0 Å². The Morgan fingerprint density at radius 3 is 1.38 bits per heavy atom. The molecule has 0 heterocycles. The summed E-state index contributed by atoms with van der Waals surface area (Å²) in [6, 6.07) is 0. The Balaban J connectivity index is 1.91. The molecule has 2 aliphatic rings. The Hall–Kier alpha value is 1.48. The minimum atomic E-state index is 0.762. The van der Waals surface area contributed by atoms with Gasteiger partial charge in [0, 0.05) is 0 Å². The van der Waals surface area contributed by atoms with Crippen molar-refractivity contribution in [1.82, 2.24) is 0 Å². The first-order valence-corrected chi connectivity index (χ1v) is 13.5. The molecule has 0 atom stereocenters. The number of allylic oxidation sites excluding steroid dienone is 4. The van der Waals surface area contributed by atoms with E-state index in [0.29, 0.717) is 0 Å². The average molecular weight is 478 g/mol. The molecule has 0 fully saturated rings. The van der Waals surface area contributed by atoms with E-state index in [9.17, 15) is 0 Å². The van der Waals surface area contributed by atoms with Crippen molar-refractivity contribution < 1.29 is 0 Å². The molecule has 0 aromatic carbocycles. The van der Waals surface area contributed by atoms with Crippen LogP contribution in [-0.4, -0.2) is 26.3 Å². The molecule has 0 radical (unpaired) electrons. The Morgan fingerprint density at radius 2 is 1.00 bits per heavy atom. The van der Waals surface area contributed by atoms with Crippen LogP contribution in [0.25, 0.3) is 0 Å².